The molecule has 7 heteroatoms. The molecule has 0 aliphatic carbocycles. The Balaban J connectivity index is 2.20. The van der Waals surface area contributed by atoms with Crippen molar-refractivity contribution < 1.29 is 9.53 Å². The summed E-state index contributed by atoms with van der Waals surface area (Å²) >= 11 is 1.36. The molecular weight excluding hydrogens is 312 g/mol. The predicted molar refractivity (Wildman–Crippen MR) is 91.1 cm³/mol. The van der Waals surface area contributed by atoms with Gasteiger partial charge >= 0.3 is 0 Å². The minimum atomic E-state index is -0.285. The molecule has 0 fully saturated rings. The second-order valence-corrected chi connectivity index (χ2v) is 7.46. The Morgan fingerprint density at radius 2 is 2.04 bits per heavy atom. The van der Waals surface area contributed by atoms with Crippen LogP contribution in [0.2, 0.25) is 0 Å². The number of benzene rings is 1. The van der Waals surface area contributed by atoms with E-state index in [1.807, 2.05) is 56.5 Å². The summed E-state index contributed by atoms with van der Waals surface area (Å²) < 4.78 is 7.20. The van der Waals surface area contributed by atoms with Crippen LogP contribution in [0.4, 0.5) is 0 Å². The van der Waals surface area contributed by atoms with Gasteiger partial charge in [-0.25, -0.2) is 0 Å². The molecule has 0 aliphatic rings. The van der Waals surface area contributed by atoms with Crippen LogP contribution in [-0.2, 0) is 4.79 Å². The van der Waals surface area contributed by atoms with Crippen molar-refractivity contribution in [3.05, 3.63) is 30.6 Å². The maximum Gasteiger partial charge on any atom is 0.233 e. The van der Waals surface area contributed by atoms with Crippen LogP contribution in [0, 0.1) is 0 Å². The van der Waals surface area contributed by atoms with Crippen LogP contribution < -0.4 is 10.1 Å². The van der Waals surface area contributed by atoms with Crippen molar-refractivity contribution in [3.8, 4) is 11.4 Å². The summed E-state index contributed by atoms with van der Waals surface area (Å²) in [5.74, 6) is 0.693. The zero-order valence-corrected chi connectivity index (χ0v) is 14.8. The van der Waals surface area contributed by atoms with E-state index >= 15 is 0 Å². The van der Waals surface area contributed by atoms with Crippen molar-refractivity contribution in [2.45, 2.75) is 43.6 Å². The fourth-order valence-corrected chi connectivity index (χ4v) is 2.82. The molecule has 1 N–H and O–H groups in total. The van der Waals surface area contributed by atoms with Gasteiger partial charge in [0.1, 0.15) is 12.1 Å². The summed E-state index contributed by atoms with van der Waals surface area (Å²) in [5, 5.41) is 11.4. The van der Waals surface area contributed by atoms with Crippen molar-refractivity contribution in [1.29, 1.82) is 0 Å². The standard InChI is InChI=1S/C16H22N4O2S/c1-11(14(21)18-16(2,3)4)23-15-19-17-10-20(15)12-8-6-7-9-13(12)22-5/h6-11H,1-5H3,(H,18,21)/t11-/m1/s1. The molecule has 0 saturated heterocycles. The fourth-order valence-electron chi connectivity index (χ4n) is 1.98. The van der Waals surface area contributed by atoms with Gasteiger partial charge in [-0.05, 0) is 39.8 Å². The van der Waals surface area contributed by atoms with Crippen LogP contribution in [-0.4, -0.2) is 38.6 Å². The first-order valence-electron chi connectivity index (χ1n) is 7.34. The van der Waals surface area contributed by atoms with Gasteiger partial charge in [-0.15, -0.1) is 10.2 Å². The normalized spacial score (nSPS) is 12.7. The number of amides is 1. The van der Waals surface area contributed by atoms with Crippen molar-refractivity contribution in [2.24, 2.45) is 0 Å². The minimum Gasteiger partial charge on any atom is -0.495 e. The molecule has 0 radical (unpaired) electrons. The molecular formula is C16H22N4O2S. The number of hydrogen-bond acceptors (Lipinski definition) is 5. The van der Waals surface area contributed by atoms with E-state index in [0.717, 1.165) is 11.4 Å². The number of methoxy groups -OCH3 is 1. The molecule has 0 unspecified atom stereocenters. The number of thioether (sulfide) groups is 1. The van der Waals surface area contributed by atoms with E-state index in [4.69, 9.17) is 4.74 Å². The third-order valence-electron chi connectivity index (χ3n) is 3.01. The molecule has 0 aliphatic heterocycles. The van der Waals surface area contributed by atoms with Gasteiger partial charge in [0.15, 0.2) is 5.16 Å². The van der Waals surface area contributed by atoms with Crippen molar-refractivity contribution >= 4 is 17.7 Å². The van der Waals surface area contributed by atoms with E-state index < -0.39 is 0 Å². The zero-order valence-electron chi connectivity index (χ0n) is 14.0. The van der Waals surface area contributed by atoms with E-state index in [2.05, 4.69) is 15.5 Å². The summed E-state index contributed by atoms with van der Waals surface area (Å²) in [6.07, 6.45) is 1.62. The minimum absolute atomic E-state index is 0.0305. The second kappa shape index (κ2) is 7.04. The van der Waals surface area contributed by atoms with Crippen LogP contribution in [0.1, 0.15) is 27.7 Å². The summed E-state index contributed by atoms with van der Waals surface area (Å²) in [5.41, 5.74) is 0.577. The monoisotopic (exact) mass is 334 g/mol. The van der Waals surface area contributed by atoms with E-state index in [1.54, 1.807) is 13.4 Å². The highest BCUT2D eigenvalue weighted by atomic mass is 32.2. The number of carbonyl (C=O) groups excluding carboxylic acids is 1. The van der Waals surface area contributed by atoms with Crippen molar-refractivity contribution in [1.82, 2.24) is 20.1 Å². The SMILES string of the molecule is COc1ccccc1-n1cnnc1S[C@H](C)C(=O)NC(C)(C)C. The van der Waals surface area contributed by atoms with Crippen LogP contribution in [0.3, 0.4) is 0 Å². The highest BCUT2D eigenvalue weighted by Crippen LogP contribution is 2.28. The third kappa shape index (κ3) is 4.48. The quantitative estimate of drug-likeness (QED) is 0.851. The lowest BCUT2D eigenvalue weighted by atomic mass is 10.1. The smallest absolute Gasteiger partial charge is 0.233 e. The molecule has 1 aromatic heterocycles. The van der Waals surface area contributed by atoms with Gasteiger partial charge in [-0.1, -0.05) is 23.9 Å². The fraction of sp³-hybridized carbons (Fsp3) is 0.438. The Kier molecular flexibility index (Phi) is 5.30. The number of carbonyl (C=O) groups is 1. The summed E-state index contributed by atoms with van der Waals surface area (Å²) in [6.45, 7) is 7.73. The maximum atomic E-state index is 12.2. The number of aromatic nitrogens is 3. The van der Waals surface area contributed by atoms with Gasteiger partial charge < -0.3 is 10.1 Å². The first kappa shape index (κ1) is 17.3. The lowest BCUT2D eigenvalue weighted by Crippen LogP contribution is -2.44. The molecule has 2 aromatic rings. The molecule has 0 spiro atoms. The first-order valence-corrected chi connectivity index (χ1v) is 8.22. The number of nitrogens with zero attached hydrogens (tertiary/aromatic N) is 3. The molecule has 0 bridgehead atoms. The maximum absolute atomic E-state index is 12.2. The number of rotatable bonds is 5. The molecule has 2 rings (SSSR count). The molecule has 0 saturated carbocycles. The molecule has 1 aromatic carbocycles. The number of para-hydroxylation sites is 2. The average Bonchev–Trinajstić information content (AvgIpc) is 2.93. The topological polar surface area (TPSA) is 69.0 Å². The lowest BCUT2D eigenvalue weighted by molar-refractivity contribution is -0.121. The van der Waals surface area contributed by atoms with Gasteiger partial charge in [0.25, 0.3) is 0 Å². The van der Waals surface area contributed by atoms with E-state index in [1.165, 1.54) is 11.8 Å². The highest BCUT2D eigenvalue weighted by molar-refractivity contribution is 8.00. The number of nitrogens with one attached hydrogen (secondary N) is 1. The van der Waals surface area contributed by atoms with Gasteiger partial charge in [0.2, 0.25) is 5.91 Å². The van der Waals surface area contributed by atoms with E-state index in [9.17, 15) is 4.79 Å². The number of hydrogen-bond donors (Lipinski definition) is 1. The molecule has 23 heavy (non-hydrogen) atoms. The molecule has 1 heterocycles. The van der Waals surface area contributed by atoms with Gasteiger partial charge in [0, 0.05) is 5.54 Å². The van der Waals surface area contributed by atoms with Crippen molar-refractivity contribution in [3.63, 3.8) is 0 Å². The van der Waals surface area contributed by atoms with Crippen LogP contribution in [0.25, 0.3) is 5.69 Å². The Labute approximate surface area is 140 Å². The van der Waals surface area contributed by atoms with Gasteiger partial charge in [-0.3, -0.25) is 9.36 Å². The largest absolute Gasteiger partial charge is 0.495 e. The Morgan fingerprint density at radius 3 is 2.70 bits per heavy atom. The van der Waals surface area contributed by atoms with E-state index in [0.29, 0.717) is 5.16 Å². The van der Waals surface area contributed by atoms with Gasteiger partial charge in [-0.2, -0.15) is 0 Å². The molecule has 1 amide bonds. The van der Waals surface area contributed by atoms with Crippen LogP contribution in [0.15, 0.2) is 35.7 Å². The predicted octanol–water partition coefficient (Wildman–Crippen LogP) is 2.67. The second-order valence-electron chi connectivity index (χ2n) is 6.15. The zero-order chi connectivity index (χ0) is 17.0. The summed E-state index contributed by atoms with van der Waals surface area (Å²) in [6, 6.07) is 7.62. The number of ether oxygens (including phenoxy) is 1. The Bertz CT molecular complexity index is 679. The van der Waals surface area contributed by atoms with Crippen LogP contribution >= 0.6 is 11.8 Å². The third-order valence-corrected chi connectivity index (χ3v) is 4.07. The summed E-state index contributed by atoms with van der Waals surface area (Å²) in [7, 11) is 1.62. The molecule has 6 nitrogen and oxygen atoms in total. The van der Waals surface area contributed by atoms with Crippen molar-refractivity contribution in [2.75, 3.05) is 7.11 Å². The first-order chi connectivity index (χ1) is 10.8. The summed E-state index contributed by atoms with van der Waals surface area (Å²) in [4.78, 5) is 12.2. The Hall–Kier alpha value is -2.02. The highest BCUT2D eigenvalue weighted by Gasteiger charge is 2.22. The molecule has 1 atom stereocenters. The average molecular weight is 334 g/mol. The lowest BCUT2D eigenvalue weighted by Gasteiger charge is -2.22. The Morgan fingerprint density at radius 1 is 1.35 bits per heavy atom. The van der Waals surface area contributed by atoms with Crippen LogP contribution in [0.5, 0.6) is 5.75 Å². The molecule has 124 valence electrons. The van der Waals surface area contributed by atoms with E-state index in [-0.39, 0.29) is 16.7 Å². The van der Waals surface area contributed by atoms with Gasteiger partial charge in [0.05, 0.1) is 18.0 Å².